The Morgan fingerprint density at radius 3 is 2.65 bits per heavy atom. The zero-order valence-corrected chi connectivity index (χ0v) is 11.7. The van der Waals surface area contributed by atoms with Crippen LogP contribution in [0.25, 0.3) is 0 Å². The zero-order chi connectivity index (χ0) is 14.2. The van der Waals surface area contributed by atoms with Crippen molar-refractivity contribution in [3.05, 3.63) is 35.9 Å². The highest BCUT2D eigenvalue weighted by atomic mass is 16.5. The fourth-order valence-corrected chi connectivity index (χ4v) is 3.73. The van der Waals surface area contributed by atoms with E-state index in [0.717, 1.165) is 32.1 Å². The molecule has 2 fully saturated rings. The Hall–Kier alpha value is -1.84. The average molecular weight is 273 g/mol. The molecule has 1 amide bonds. The van der Waals surface area contributed by atoms with E-state index in [-0.39, 0.29) is 17.9 Å². The van der Waals surface area contributed by atoms with Crippen molar-refractivity contribution in [1.82, 2.24) is 4.90 Å². The van der Waals surface area contributed by atoms with Crippen LogP contribution in [0.4, 0.5) is 0 Å². The van der Waals surface area contributed by atoms with E-state index >= 15 is 0 Å². The topological polar surface area (TPSA) is 46.6 Å². The van der Waals surface area contributed by atoms with Crippen LogP contribution in [0.5, 0.6) is 0 Å². The van der Waals surface area contributed by atoms with Crippen LogP contribution in [0, 0.1) is 0 Å². The molecule has 4 heteroatoms. The first-order valence-electron chi connectivity index (χ1n) is 7.16. The summed E-state index contributed by atoms with van der Waals surface area (Å²) >= 11 is 0. The lowest BCUT2D eigenvalue weighted by atomic mass is 9.87. The van der Waals surface area contributed by atoms with Crippen molar-refractivity contribution >= 4 is 11.9 Å². The third kappa shape index (κ3) is 1.82. The van der Waals surface area contributed by atoms with Gasteiger partial charge in [-0.3, -0.25) is 4.79 Å². The highest BCUT2D eigenvalue weighted by Crippen LogP contribution is 2.45. The van der Waals surface area contributed by atoms with Crippen LogP contribution in [-0.2, 0) is 9.53 Å². The van der Waals surface area contributed by atoms with Gasteiger partial charge in [-0.15, -0.1) is 0 Å². The van der Waals surface area contributed by atoms with Crippen molar-refractivity contribution in [1.29, 1.82) is 0 Å². The number of nitrogens with zero attached hydrogens (tertiary/aromatic N) is 1. The minimum atomic E-state index is -0.732. The number of hydrogen-bond donors (Lipinski definition) is 0. The number of benzene rings is 1. The summed E-state index contributed by atoms with van der Waals surface area (Å²) in [5.74, 6) is -0.304. The first kappa shape index (κ1) is 13.2. The fraction of sp³-hybridized carbons (Fsp3) is 0.500. The Kier molecular flexibility index (Phi) is 3.24. The van der Waals surface area contributed by atoms with Crippen LogP contribution in [0.15, 0.2) is 30.3 Å². The number of ether oxygens (including phenoxy) is 1. The maximum Gasteiger partial charge on any atom is 0.331 e. The number of fused-ring (bicyclic) bond motifs is 2. The van der Waals surface area contributed by atoms with Gasteiger partial charge in [0, 0.05) is 11.6 Å². The van der Waals surface area contributed by atoms with E-state index in [1.54, 1.807) is 17.0 Å². The summed E-state index contributed by atoms with van der Waals surface area (Å²) in [4.78, 5) is 26.9. The first-order valence-corrected chi connectivity index (χ1v) is 7.16. The molecule has 2 bridgehead atoms. The molecule has 2 unspecified atom stereocenters. The molecular weight excluding hydrogens is 254 g/mol. The number of hydrogen-bond acceptors (Lipinski definition) is 3. The van der Waals surface area contributed by atoms with Gasteiger partial charge in [0.15, 0.2) is 0 Å². The lowest BCUT2D eigenvalue weighted by molar-refractivity contribution is -0.154. The van der Waals surface area contributed by atoms with Gasteiger partial charge >= 0.3 is 5.97 Å². The van der Waals surface area contributed by atoms with Gasteiger partial charge in [0.05, 0.1) is 7.11 Å². The van der Waals surface area contributed by atoms with Crippen LogP contribution in [0.1, 0.15) is 42.5 Å². The molecule has 2 saturated heterocycles. The number of piperidine rings is 1. The Morgan fingerprint density at radius 2 is 1.95 bits per heavy atom. The van der Waals surface area contributed by atoms with Crippen molar-refractivity contribution in [3.63, 3.8) is 0 Å². The third-order valence-electron chi connectivity index (χ3n) is 4.65. The smallest absolute Gasteiger partial charge is 0.331 e. The number of rotatable bonds is 2. The molecule has 0 N–H and O–H groups in total. The molecular formula is C16H19NO3. The Labute approximate surface area is 118 Å². The quantitative estimate of drug-likeness (QED) is 0.777. The molecule has 2 aliphatic rings. The second kappa shape index (κ2) is 4.93. The molecule has 1 aromatic rings. The monoisotopic (exact) mass is 273 g/mol. The Morgan fingerprint density at radius 1 is 1.20 bits per heavy atom. The molecule has 0 aromatic heterocycles. The minimum absolute atomic E-state index is 0.0433. The lowest BCUT2D eigenvalue weighted by Crippen LogP contribution is -2.58. The summed E-state index contributed by atoms with van der Waals surface area (Å²) in [6, 6.07) is 9.38. The van der Waals surface area contributed by atoms with Gasteiger partial charge in [-0.2, -0.15) is 0 Å². The molecule has 2 aliphatic heterocycles. The zero-order valence-electron chi connectivity index (χ0n) is 11.7. The second-order valence-corrected chi connectivity index (χ2v) is 5.65. The Balaban J connectivity index is 1.98. The van der Waals surface area contributed by atoms with Gasteiger partial charge in [0.2, 0.25) is 0 Å². The summed E-state index contributed by atoms with van der Waals surface area (Å²) in [5.41, 5.74) is -0.0838. The Bertz CT molecular complexity index is 524. The largest absolute Gasteiger partial charge is 0.467 e. The summed E-state index contributed by atoms with van der Waals surface area (Å²) in [7, 11) is 1.41. The molecule has 0 saturated carbocycles. The minimum Gasteiger partial charge on any atom is -0.467 e. The molecule has 4 nitrogen and oxygen atoms in total. The number of carbonyl (C=O) groups is 2. The van der Waals surface area contributed by atoms with Crippen molar-refractivity contribution in [2.45, 2.75) is 43.7 Å². The predicted octanol–water partition coefficient (Wildman–Crippen LogP) is 2.39. The summed E-state index contributed by atoms with van der Waals surface area (Å²) < 4.78 is 4.99. The molecule has 3 rings (SSSR count). The maximum absolute atomic E-state index is 12.8. The summed E-state index contributed by atoms with van der Waals surface area (Å²) in [6.07, 6.45) is 4.31. The van der Waals surface area contributed by atoms with E-state index in [4.69, 9.17) is 4.74 Å². The van der Waals surface area contributed by atoms with Crippen molar-refractivity contribution in [2.75, 3.05) is 7.11 Å². The van der Waals surface area contributed by atoms with E-state index in [9.17, 15) is 9.59 Å². The molecule has 0 spiro atoms. The number of methoxy groups -OCH3 is 1. The van der Waals surface area contributed by atoms with E-state index < -0.39 is 5.54 Å². The van der Waals surface area contributed by atoms with E-state index in [0.29, 0.717) is 5.56 Å². The van der Waals surface area contributed by atoms with Crippen LogP contribution in [0.2, 0.25) is 0 Å². The molecule has 106 valence electrons. The van der Waals surface area contributed by atoms with Crippen LogP contribution < -0.4 is 0 Å². The molecule has 20 heavy (non-hydrogen) atoms. The highest BCUT2D eigenvalue weighted by Gasteiger charge is 2.56. The van der Waals surface area contributed by atoms with Gasteiger partial charge in [-0.25, -0.2) is 4.79 Å². The molecule has 0 radical (unpaired) electrons. The van der Waals surface area contributed by atoms with Gasteiger partial charge in [0.25, 0.3) is 5.91 Å². The third-order valence-corrected chi connectivity index (χ3v) is 4.65. The number of esters is 1. The summed E-state index contributed by atoms with van der Waals surface area (Å²) in [5, 5.41) is 0. The first-order chi connectivity index (χ1) is 9.69. The molecule has 2 heterocycles. The number of carbonyl (C=O) groups excluding carboxylic acids is 2. The molecule has 2 atom stereocenters. The van der Waals surface area contributed by atoms with Crippen LogP contribution >= 0.6 is 0 Å². The van der Waals surface area contributed by atoms with E-state index in [1.165, 1.54) is 7.11 Å². The summed E-state index contributed by atoms with van der Waals surface area (Å²) in [6.45, 7) is 0. The maximum atomic E-state index is 12.8. The van der Waals surface area contributed by atoms with Gasteiger partial charge < -0.3 is 9.64 Å². The van der Waals surface area contributed by atoms with Crippen molar-refractivity contribution in [2.24, 2.45) is 0 Å². The van der Waals surface area contributed by atoms with Crippen LogP contribution in [-0.4, -0.2) is 35.5 Å². The van der Waals surface area contributed by atoms with E-state index in [2.05, 4.69) is 0 Å². The number of amides is 1. The van der Waals surface area contributed by atoms with Crippen molar-refractivity contribution in [3.8, 4) is 0 Å². The molecule has 0 aliphatic carbocycles. The second-order valence-electron chi connectivity index (χ2n) is 5.65. The fourth-order valence-electron chi connectivity index (χ4n) is 3.73. The van der Waals surface area contributed by atoms with E-state index in [1.807, 2.05) is 18.2 Å². The molecule has 1 aromatic carbocycles. The normalized spacial score (nSPS) is 28.2. The predicted molar refractivity (Wildman–Crippen MR) is 74.2 cm³/mol. The van der Waals surface area contributed by atoms with Gasteiger partial charge in [-0.05, 0) is 44.2 Å². The van der Waals surface area contributed by atoms with Crippen LogP contribution in [0.3, 0.4) is 0 Å². The van der Waals surface area contributed by atoms with Crippen molar-refractivity contribution < 1.29 is 14.3 Å². The van der Waals surface area contributed by atoms with Gasteiger partial charge in [-0.1, -0.05) is 18.2 Å². The van der Waals surface area contributed by atoms with Gasteiger partial charge in [0.1, 0.15) is 5.54 Å². The standard InChI is InChI=1S/C16H19NO3/c1-20-15(19)16-10-5-8-13(9-11-16)17(16)14(18)12-6-3-2-4-7-12/h2-4,6-7,13H,5,8-11H2,1H3. The average Bonchev–Trinajstić information content (AvgIpc) is 2.73. The highest BCUT2D eigenvalue weighted by molar-refractivity contribution is 5.99. The SMILES string of the molecule is COC(=O)C12CCCC(CC1)N2C(=O)c1ccccc1. The lowest BCUT2D eigenvalue weighted by Gasteiger charge is -2.42.